The van der Waals surface area contributed by atoms with Crippen molar-refractivity contribution in [2.24, 2.45) is 5.92 Å². The van der Waals surface area contributed by atoms with Gasteiger partial charge in [0.05, 0.1) is 12.6 Å². The highest BCUT2D eigenvalue weighted by Gasteiger charge is 2.60. The van der Waals surface area contributed by atoms with Gasteiger partial charge in [0.25, 0.3) is 0 Å². The molecular weight excluding hydrogens is 386 g/mol. The van der Waals surface area contributed by atoms with Crippen molar-refractivity contribution >= 4 is 0 Å². The van der Waals surface area contributed by atoms with Gasteiger partial charge in [-0.3, -0.25) is 0 Å². The lowest BCUT2D eigenvalue weighted by Gasteiger charge is -2.32. The third-order valence-electron chi connectivity index (χ3n) is 5.66. The standard InChI is InChI=1S/C23H39NO6/c1-8-9-10-11-12-16(13-15(2)3)24(25)21-20-19(29-23(6,7)30-20)18(27-21)17-14-26-22(4,5)28-17/h15-21,25H,8-10,13-14H2,1-7H3/t16-,17-,18-,19+,20+,21-/m1/s1. The molecule has 0 unspecified atom stereocenters. The van der Waals surface area contributed by atoms with Crippen LogP contribution in [0.2, 0.25) is 0 Å². The van der Waals surface area contributed by atoms with E-state index < -0.39 is 30.0 Å². The zero-order valence-electron chi connectivity index (χ0n) is 19.5. The highest BCUT2D eigenvalue weighted by molar-refractivity contribution is 5.10. The Bertz CT molecular complexity index is 639. The summed E-state index contributed by atoms with van der Waals surface area (Å²) in [5.41, 5.74) is 0. The minimum atomic E-state index is -0.758. The Morgan fingerprint density at radius 1 is 1.03 bits per heavy atom. The van der Waals surface area contributed by atoms with E-state index >= 15 is 0 Å². The van der Waals surface area contributed by atoms with Crippen molar-refractivity contribution in [3.05, 3.63) is 0 Å². The first-order chi connectivity index (χ1) is 14.0. The molecule has 0 aromatic heterocycles. The summed E-state index contributed by atoms with van der Waals surface area (Å²) in [6, 6.07) is -0.337. The van der Waals surface area contributed by atoms with E-state index in [0.717, 1.165) is 25.7 Å². The van der Waals surface area contributed by atoms with Gasteiger partial charge in [-0.1, -0.05) is 33.1 Å². The molecule has 0 amide bonds. The van der Waals surface area contributed by atoms with Gasteiger partial charge in [-0.25, -0.2) is 0 Å². The molecule has 3 fully saturated rings. The molecule has 3 saturated heterocycles. The molecule has 30 heavy (non-hydrogen) atoms. The Labute approximate surface area is 181 Å². The van der Waals surface area contributed by atoms with E-state index in [1.807, 2.05) is 27.7 Å². The largest absolute Gasteiger partial charge is 0.349 e. The normalized spacial score (nSPS) is 35.5. The van der Waals surface area contributed by atoms with E-state index in [0.29, 0.717) is 12.5 Å². The summed E-state index contributed by atoms with van der Waals surface area (Å²) in [5, 5.41) is 12.4. The number of hydrogen-bond donors (Lipinski definition) is 1. The molecule has 1 N–H and O–H groups in total. The average molecular weight is 426 g/mol. The second-order valence-corrected chi connectivity index (χ2v) is 9.87. The van der Waals surface area contributed by atoms with Crippen molar-refractivity contribution in [3.63, 3.8) is 0 Å². The fourth-order valence-corrected chi connectivity index (χ4v) is 4.31. The summed E-state index contributed by atoms with van der Waals surface area (Å²) in [7, 11) is 0. The Morgan fingerprint density at radius 3 is 2.33 bits per heavy atom. The molecule has 0 saturated carbocycles. The molecule has 3 heterocycles. The lowest BCUT2D eigenvalue weighted by molar-refractivity contribution is -0.278. The summed E-state index contributed by atoms with van der Waals surface area (Å²) < 4.78 is 30.4. The topological polar surface area (TPSA) is 69.6 Å². The predicted molar refractivity (Wildman–Crippen MR) is 112 cm³/mol. The van der Waals surface area contributed by atoms with E-state index in [2.05, 4.69) is 32.6 Å². The Morgan fingerprint density at radius 2 is 1.73 bits per heavy atom. The van der Waals surface area contributed by atoms with Crippen molar-refractivity contribution in [2.75, 3.05) is 6.61 Å². The Balaban J connectivity index is 1.79. The van der Waals surface area contributed by atoms with E-state index in [9.17, 15) is 5.21 Å². The highest BCUT2D eigenvalue weighted by atomic mass is 16.8. The SMILES string of the molecule is CCCCC#C[C@H](CC(C)C)N(O)[C@@H]1O[C@H]([C@H]2COC(C)(C)O2)[C@@H]2OC(C)(C)O[C@@H]21. The van der Waals surface area contributed by atoms with Crippen LogP contribution < -0.4 is 0 Å². The van der Waals surface area contributed by atoms with Crippen molar-refractivity contribution < 1.29 is 28.9 Å². The first kappa shape index (κ1) is 23.9. The highest BCUT2D eigenvalue weighted by Crippen LogP contribution is 2.43. The molecule has 0 spiro atoms. The number of fused-ring (bicyclic) bond motifs is 1. The summed E-state index contributed by atoms with van der Waals surface area (Å²) >= 11 is 0. The third kappa shape index (κ3) is 5.55. The minimum Gasteiger partial charge on any atom is -0.349 e. The van der Waals surface area contributed by atoms with Crippen molar-refractivity contribution in [3.8, 4) is 11.8 Å². The number of hydrogen-bond acceptors (Lipinski definition) is 7. The van der Waals surface area contributed by atoms with Gasteiger partial charge < -0.3 is 28.9 Å². The van der Waals surface area contributed by atoms with Crippen molar-refractivity contribution in [1.82, 2.24) is 5.06 Å². The van der Waals surface area contributed by atoms with Gasteiger partial charge >= 0.3 is 0 Å². The first-order valence-corrected chi connectivity index (χ1v) is 11.3. The molecule has 0 aliphatic carbocycles. The van der Waals surface area contributed by atoms with Crippen LogP contribution in [0.1, 0.15) is 74.1 Å². The van der Waals surface area contributed by atoms with Gasteiger partial charge in [0.1, 0.15) is 24.4 Å². The molecule has 6 atom stereocenters. The summed E-state index contributed by atoms with van der Waals surface area (Å²) in [5.74, 6) is 5.43. The molecule has 0 radical (unpaired) electrons. The summed E-state index contributed by atoms with van der Waals surface area (Å²) in [6.07, 6.45) is 1.56. The molecule has 7 heteroatoms. The van der Waals surface area contributed by atoms with Crippen molar-refractivity contribution in [2.45, 2.75) is 122 Å². The van der Waals surface area contributed by atoms with Crippen LogP contribution in [0.3, 0.4) is 0 Å². The summed E-state index contributed by atoms with van der Waals surface area (Å²) in [6.45, 7) is 14.3. The van der Waals surface area contributed by atoms with Crippen LogP contribution in [-0.2, 0) is 23.7 Å². The monoisotopic (exact) mass is 425 g/mol. The zero-order valence-corrected chi connectivity index (χ0v) is 19.5. The second kappa shape index (κ2) is 9.41. The fraction of sp³-hybridized carbons (Fsp3) is 0.913. The molecule has 0 aromatic rings. The van der Waals surface area contributed by atoms with E-state index in [-0.39, 0.29) is 18.2 Å². The first-order valence-electron chi connectivity index (χ1n) is 11.3. The third-order valence-corrected chi connectivity index (χ3v) is 5.66. The number of hydroxylamine groups is 2. The van der Waals surface area contributed by atoms with Crippen LogP contribution in [0.15, 0.2) is 0 Å². The van der Waals surface area contributed by atoms with Crippen LogP contribution in [-0.4, -0.2) is 65.1 Å². The van der Waals surface area contributed by atoms with Crippen LogP contribution in [0.5, 0.6) is 0 Å². The number of rotatable bonds is 7. The molecule has 7 nitrogen and oxygen atoms in total. The Hall–Kier alpha value is -0.720. The van der Waals surface area contributed by atoms with Crippen LogP contribution in [0.25, 0.3) is 0 Å². The maximum absolute atomic E-state index is 11.2. The van der Waals surface area contributed by atoms with Crippen molar-refractivity contribution in [1.29, 1.82) is 0 Å². The molecule has 172 valence electrons. The van der Waals surface area contributed by atoms with Crippen LogP contribution in [0.4, 0.5) is 0 Å². The van der Waals surface area contributed by atoms with E-state index in [4.69, 9.17) is 23.7 Å². The lowest BCUT2D eigenvalue weighted by atomic mass is 10.0. The van der Waals surface area contributed by atoms with Crippen LogP contribution in [0, 0.1) is 17.8 Å². The minimum absolute atomic E-state index is 0.289. The van der Waals surface area contributed by atoms with Gasteiger partial charge in [-0.05, 0) is 46.5 Å². The maximum Gasteiger partial charge on any atom is 0.164 e. The molecular formula is C23H39NO6. The quantitative estimate of drug-likeness (QED) is 0.379. The van der Waals surface area contributed by atoms with Gasteiger partial charge in [0.2, 0.25) is 0 Å². The molecule has 3 aliphatic rings. The van der Waals surface area contributed by atoms with Crippen LogP contribution >= 0.6 is 0 Å². The second-order valence-electron chi connectivity index (χ2n) is 9.87. The molecule has 0 bridgehead atoms. The fourth-order valence-electron chi connectivity index (χ4n) is 4.31. The predicted octanol–water partition coefficient (Wildman–Crippen LogP) is 3.68. The molecule has 3 aliphatic heterocycles. The molecule has 0 aromatic carbocycles. The number of nitrogens with zero attached hydrogens (tertiary/aromatic N) is 1. The summed E-state index contributed by atoms with van der Waals surface area (Å²) in [4.78, 5) is 0. The van der Waals surface area contributed by atoms with Gasteiger partial charge in [-0.2, -0.15) is 0 Å². The number of ether oxygens (including phenoxy) is 5. The Kier molecular flexibility index (Phi) is 7.51. The molecule has 3 rings (SSSR count). The maximum atomic E-state index is 11.2. The van der Waals surface area contributed by atoms with E-state index in [1.54, 1.807) is 0 Å². The van der Waals surface area contributed by atoms with Gasteiger partial charge in [0.15, 0.2) is 17.8 Å². The lowest BCUT2D eigenvalue weighted by Crippen LogP contribution is -2.47. The average Bonchev–Trinajstić information content (AvgIpc) is 3.26. The number of unbranched alkanes of at least 4 members (excludes halogenated alkanes) is 2. The zero-order chi connectivity index (χ0) is 22.1. The van der Waals surface area contributed by atoms with Gasteiger partial charge in [0, 0.05) is 6.42 Å². The van der Waals surface area contributed by atoms with Gasteiger partial charge in [-0.15, -0.1) is 11.0 Å². The smallest absolute Gasteiger partial charge is 0.164 e. The van der Waals surface area contributed by atoms with E-state index in [1.165, 1.54) is 5.06 Å².